The molecule has 0 spiro atoms. The maximum Gasteiger partial charge on any atom is 0.180 e. The highest BCUT2D eigenvalue weighted by molar-refractivity contribution is 6.32. The first-order chi connectivity index (χ1) is 9.17. The van der Waals surface area contributed by atoms with E-state index < -0.39 is 0 Å². The number of aromatic amines is 1. The quantitative estimate of drug-likeness (QED) is 0.902. The summed E-state index contributed by atoms with van der Waals surface area (Å²) in [5.74, 6) is 1.65. The lowest BCUT2D eigenvalue weighted by molar-refractivity contribution is 0.282. The first kappa shape index (κ1) is 12.2. The topological polar surface area (TPSA) is 73.2 Å². The van der Waals surface area contributed by atoms with Gasteiger partial charge in [0.15, 0.2) is 11.5 Å². The third kappa shape index (κ3) is 2.46. The van der Waals surface area contributed by atoms with E-state index in [0.717, 1.165) is 24.1 Å². The molecule has 6 heteroatoms. The second-order valence-corrected chi connectivity index (χ2v) is 4.92. The van der Waals surface area contributed by atoms with Crippen LogP contribution in [0, 0.1) is 0 Å². The Labute approximate surface area is 115 Å². The number of halogens is 1. The number of hydrogen-bond donors (Lipinski definition) is 2. The Morgan fingerprint density at radius 1 is 1.37 bits per heavy atom. The minimum atomic E-state index is 0.264. The average molecular weight is 280 g/mol. The molecule has 0 saturated heterocycles. The van der Waals surface area contributed by atoms with Gasteiger partial charge in [-0.3, -0.25) is 5.10 Å². The molecule has 3 N–H and O–H groups in total. The SMILES string of the molecule is COc1cc(-c2cc(N)n[nH]2)cc(Cl)c1OC1CC1. The third-order valence-corrected chi connectivity index (χ3v) is 3.23. The number of aromatic nitrogens is 2. The Balaban J connectivity index is 2.00. The van der Waals surface area contributed by atoms with Gasteiger partial charge in [0, 0.05) is 11.6 Å². The predicted octanol–water partition coefficient (Wildman–Crippen LogP) is 2.86. The lowest BCUT2D eigenvalue weighted by atomic mass is 10.1. The largest absolute Gasteiger partial charge is 0.493 e. The molecule has 0 radical (unpaired) electrons. The molecular weight excluding hydrogens is 266 g/mol. The standard InChI is InChI=1S/C13H14ClN3O2/c1-18-11-5-7(10-6-12(15)17-16-10)4-9(14)13(11)19-8-2-3-8/h4-6,8H,2-3H2,1H3,(H3,15,16,17). The van der Waals surface area contributed by atoms with Crippen LogP contribution >= 0.6 is 11.6 Å². The van der Waals surface area contributed by atoms with Crippen molar-refractivity contribution in [3.63, 3.8) is 0 Å². The number of nitrogen functional groups attached to an aromatic ring is 1. The Morgan fingerprint density at radius 2 is 2.16 bits per heavy atom. The number of hydrogen-bond acceptors (Lipinski definition) is 4. The predicted molar refractivity (Wildman–Crippen MR) is 73.6 cm³/mol. The molecule has 1 saturated carbocycles. The molecule has 0 aliphatic heterocycles. The number of methoxy groups -OCH3 is 1. The molecule has 100 valence electrons. The summed E-state index contributed by atoms with van der Waals surface area (Å²) in [6.45, 7) is 0. The summed E-state index contributed by atoms with van der Waals surface area (Å²) in [6, 6.07) is 5.41. The van der Waals surface area contributed by atoms with E-state index in [1.807, 2.05) is 12.1 Å². The molecule has 0 unspecified atom stereocenters. The first-order valence-corrected chi connectivity index (χ1v) is 6.40. The number of anilines is 1. The van der Waals surface area contributed by atoms with Crippen LogP contribution in [-0.4, -0.2) is 23.4 Å². The normalized spacial score (nSPS) is 14.4. The summed E-state index contributed by atoms with van der Waals surface area (Å²) < 4.78 is 11.1. The van der Waals surface area contributed by atoms with Crippen molar-refractivity contribution in [3.8, 4) is 22.8 Å². The molecule has 2 aromatic rings. The Kier molecular flexibility index (Phi) is 2.98. The minimum absolute atomic E-state index is 0.264. The lowest BCUT2D eigenvalue weighted by Crippen LogP contribution is -1.99. The van der Waals surface area contributed by atoms with Crippen molar-refractivity contribution in [1.29, 1.82) is 0 Å². The van der Waals surface area contributed by atoms with Crippen LogP contribution in [0.25, 0.3) is 11.3 Å². The van der Waals surface area contributed by atoms with Crippen LogP contribution in [0.3, 0.4) is 0 Å². The molecule has 3 rings (SSSR count). The smallest absolute Gasteiger partial charge is 0.180 e. The maximum atomic E-state index is 6.27. The van der Waals surface area contributed by atoms with Crippen LogP contribution in [0.5, 0.6) is 11.5 Å². The van der Waals surface area contributed by atoms with Gasteiger partial charge in [0.2, 0.25) is 0 Å². The lowest BCUT2D eigenvalue weighted by Gasteiger charge is -2.13. The fourth-order valence-corrected chi connectivity index (χ4v) is 2.08. The van der Waals surface area contributed by atoms with Crippen LogP contribution in [0.15, 0.2) is 18.2 Å². The van der Waals surface area contributed by atoms with Crippen molar-refractivity contribution in [3.05, 3.63) is 23.2 Å². The van der Waals surface area contributed by atoms with Crippen molar-refractivity contribution < 1.29 is 9.47 Å². The van der Waals surface area contributed by atoms with Crippen molar-refractivity contribution in [2.24, 2.45) is 0 Å². The molecule has 1 aromatic carbocycles. The van der Waals surface area contributed by atoms with Gasteiger partial charge in [-0.05, 0) is 25.0 Å². The number of ether oxygens (including phenoxy) is 2. The van der Waals surface area contributed by atoms with Crippen molar-refractivity contribution in [2.45, 2.75) is 18.9 Å². The molecule has 5 nitrogen and oxygen atoms in total. The van der Waals surface area contributed by atoms with E-state index in [2.05, 4.69) is 10.2 Å². The Hall–Kier alpha value is -1.88. The second kappa shape index (κ2) is 4.66. The molecular formula is C13H14ClN3O2. The van der Waals surface area contributed by atoms with Crippen LogP contribution in [0.1, 0.15) is 12.8 Å². The van der Waals surface area contributed by atoms with Gasteiger partial charge in [-0.25, -0.2) is 0 Å². The average Bonchev–Trinajstić information content (AvgIpc) is 3.11. The molecule has 1 aromatic heterocycles. The monoisotopic (exact) mass is 279 g/mol. The van der Waals surface area contributed by atoms with E-state index in [1.54, 1.807) is 13.2 Å². The Morgan fingerprint density at radius 3 is 2.74 bits per heavy atom. The number of H-pyrrole nitrogens is 1. The van der Waals surface area contributed by atoms with E-state index >= 15 is 0 Å². The number of benzene rings is 1. The molecule has 0 atom stereocenters. The molecule has 1 heterocycles. The summed E-state index contributed by atoms with van der Waals surface area (Å²) in [4.78, 5) is 0. The number of rotatable bonds is 4. The zero-order valence-corrected chi connectivity index (χ0v) is 11.2. The first-order valence-electron chi connectivity index (χ1n) is 6.03. The Bertz CT molecular complexity index is 608. The minimum Gasteiger partial charge on any atom is -0.493 e. The zero-order valence-electron chi connectivity index (χ0n) is 10.4. The summed E-state index contributed by atoms with van der Waals surface area (Å²) in [6.07, 6.45) is 2.40. The molecule has 0 bridgehead atoms. The number of nitrogens with two attached hydrogens (primary N) is 1. The van der Waals surface area contributed by atoms with E-state index in [4.69, 9.17) is 26.8 Å². The fourth-order valence-electron chi connectivity index (χ4n) is 1.83. The van der Waals surface area contributed by atoms with Gasteiger partial charge in [-0.2, -0.15) is 5.10 Å². The van der Waals surface area contributed by atoms with Gasteiger partial charge in [0.1, 0.15) is 5.82 Å². The summed E-state index contributed by atoms with van der Waals surface area (Å²) >= 11 is 6.27. The van der Waals surface area contributed by atoms with Crippen LogP contribution in [0.4, 0.5) is 5.82 Å². The summed E-state index contributed by atoms with van der Waals surface area (Å²) in [7, 11) is 1.59. The van der Waals surface area contributed by atoms with Crippen molar-refractivity contribution >= 4 is 17.4 Å². The van der Waals surface area contributed by atoms with Gasteiger partial charge in [0.05, 0.1) is 23.9 Å². The highest BCUT2D eigenvalue weighted by Crippen LogP contribution is 2.42. The van der Waals surface area contributed by atoms with Crippen molar-refractivity contribution in [1.82, 2.24) is 10.2 Å². The molecule has 0 amide bonds. The van der Waals surface area contributed by atoms with E-state index in [0.29, 0.717) is 22.3 Å². The van der Waals surface area contributed by atoms with Crippen LogP contribution in [0.2, 0.25) is 5.02 Å². The van der Waals surface area contributed by atoms with Crippen LogP contribution < -0.4 is 15.2 Å². The number of nitrogens with one attached hydrogen (secondary N) is 1. The third-order valence-electron chi connectivity index (χ3n) is 2.95. The highest BCUT2D eigenvalue weighted by atomic mass is 35.5. The molecule has 1 aliphatic rings. The van der Waals surface area contributed by atoms with Gasteiger partial charge >= 0.3 is 0 Å². The zero-order chi connectivity index (χ0) is 13.4. The van der Waals surface area contributed by atoms with E-state index in [1.165, 1.54) is 0 Å². The molecule has 1 aliphatic carbocycles. The number of nitrogens with zero attached hydrogens (tertiary/aromatic N) is 1. The van der Waals surface area contributed by atoms with Gasteiger partial charge in [0.25, 0.3) is 0 Å². The van der Waals surface area contributed by atoms with Gasteiger partial charge in [-0.15, -0.1) is 0 Å². The highest BCUT2D eigenvalue weighted by Gasteiger charge is 2.26. The molecule has 19 heavy (non-hydrogen) atoms. The maximum absolute atomic E-state index is 6.27. The van der Waals surface area contributed by atoms with E-state index in [9.17, 15) is 0 Å². The van der Waals surface area contributed by atoms with Crippen LogP contribution in [-0.2, 0) is 0 Å². The molecule has 1 fully saturated rings. The van der Waals surface area contributed by atoms with Gasteiger partial charge < -0.3 is 15.2 Å². The summed E-state index contributed by atoms with van der Waals surface area (Å²) in [5.41, 5.74) is 7.24. The fraction of sp³-hybridized carbons (Fsp3) is 0.308. The van der Waals surface area contributed by atoms with E-state index in [-0.39, 0.29) is 6.10 Å². The second-order valence-electron chi connectivity index (χ2n) is 4.51. The van der Waals surface area contributed by atoms with Crippen molar-refractivity contribution in [2.75, 3.05) is 12.8 Å². The summed E-state index contributed by atoms with van der Waals surface area (Å²) in [5, 5.41) is 7.26. The van der Waals surface area contributed by atoms with Gasteiger partial charge in [-0.1, -0.05) is 11.6 Å².